The van der Waals surface area contributed by atoms with Crippen molar-refractivity contribution in [1.29, 1.82) is 5.26 Å². The van der Waals surface area contributed by atoms with Crippen LogP contribution in [0, 0.1) is 17.2 Å². The Morgan fingerprint density at radius 1 is 1.15 bits per heavy atom. The van der Waals surface area contributed by atoms with Crippen molar-refractivity contribution in [2.45, 2.75) is 39.5 Å². The van der Waals surface area contributed by atoms with Crippen LogP contribution in [0.25, 0.3) is 17.2 Å². The van der Waals surface area contributed by atoms with Gasteiger partial charge in [0.2, 0.25) is 0 Å². The summed E-state index contributed by atoms with van der Waals surface area (Å²) in [6.45, 7) is 4.74. The van der Waals surface area contributed by atoms with Gasteiger partial charge in [-0.2, -0.15) is 5.26 Å². The first-order valence-electron chi connectivity index (χ1n) is 9.62. The van der Waals surface area contributed by atoms with E-state index >= 15 is 0 Å². The number of carbonyl (C=O) groups excluding carboxylic acids is 1. The SMILES string of the molecule is CCCCC(CC)COC(=O)/C=C/c1cccc(-c2ccccc2)c1C#N. The maximum Gasteiger partial charge on any atom is 0.330 e. The average Bonchev–Trinajstić information content (AvgIpc) is 2.72. The minimum Gasteiger partial charge on any atom is -0.462 e. The maximum atomic E-state index is 12.1. The molecule has 3 heteroatoms. The predicted molar refractivity (Wildman–Crippen MR) is 110 cm³/mol. The van der Waals surface area contributed by atoms with Crippen LogP contribution in [0.15, 0.2) is 54.6 Å². The molecule has 0 amide bonds. The van der Waals surface area contributed by atoms with Crippen molar-refractivity contribution in [1.82, 2.24) is 0 Å². The number of ether oxygens (including phenoxy) is 1. The Labute approximate surface area is 162 Å². The second-order valence-electron chi connectivity index (χ2n) is 6.63. The molecule has 0 spiro atoms. The van der Waals surface area contributed by atoms with Crippen molar-refractivity contribution in [2.75, 3.05) is 6.61 Å². The third-order valence-corrected chi connectivity index (χ3v) is 4.70. The highest BCUT2D eigenvalue weighted by molar-refractivity contribution is 5.88. The topological polar surface area (TPSA) is 50.1 Å². The summed E-state index contributed by atoms with van der Waals surface area (Å²) >= 11 is 0. The smallest absolute Gasteiger partial charge is 0.330 e. The van der Waals surface area contributed by atoms with Gasteiger partial charge in [0.15, 0.2) is 0 Å². The molecule has 0 heterocycles. The van der Waals surface area contributed by atoms with E-state index in [-0.39, 0.29) is 5.97 Å². The summed E-state index contributed by atoms with van der Waals surface area (Å²) in [4.78, 5) is 12.1. The number of nitrogens with zero attached hydrogens (tertiary/aromatic N) is 1. The molecule has 0 aliphatic carbocycles. The summed E-state index contributed by atoms with van der Waals surface area (Å²) in [6.07, 6.45) is 7.48. The fourth-order valence-corrected chi connectivity index (χ4v) is 3.00. The molecular formula is C24H27NO2. The molecular weight excluding hydrogens is 334 g/mol. The summed E-state index contributed by atoms with van der Waals surface area (Å²) in [5, 5.41) is 9.62. The van der Waals surface area contributed by atoms with Crippen LogP contribution in [-0.4, -0.2) is 12.6 Å². The fraction of sp³-hybridized carbons (Fsp3) is 0.333. The zero-order valence-corrected chi connectivity index (χ0v) is 16.2. The van der Waals surface area contributed by atoms with Crippen LogP contribution in [0.5, 0.6) is 0 Å². The van der Waals surface area contributed by atoms with Crippen LogP contribution in [0.1, 0.15) is 50.7 Å². The number of hydrogen-bond acceptors (Lipinski definition) is 3. The molecule has 0 bridgehead atoms. The molecule has 3 nitrogen and oxygen atoms in total. The Morgan fingerprint density at radius 2 is 1.93 bits per heavy atom. The lowest BCUT2D eigenvalue weighted by Gasteiger charge is -2.13. The van der Waals surface area contributed by atoms with Crippen LogP contribution in [0.2, 0.25) is 0 Å². The van der Waals surface area contributed by atoms with E-state index < -0.39 is 0 Å². The molecule has 0 N–H and O–H groups in total. The number of benzene rings is 2. The summed E-state index contributed by atoms with van der Waals surface area (Å²) < 4.78 is 5.39. The van der Waals surface area contributed by atoms with Crippen molar-refractivity contribution in [3.8, 4) is 17.2 Å². The lowest BCUT2D eigenvalue weighted by Crippen LogP contribution is -2.12. The molecule has 0 aliphatic heterocycles. The summed E-state index contributed by atoms with van der Waals surface area (Å²) in [5.41, 5.74) is 3.11. The lowest BCUT2D eigenvalue weighted by atomic mass is 9.96. The van der Waals surface area contributed by atoms with Crippen LogP contribution >= 0.6 is 0 Å². The number of rotatable bonds is 9. The Bertz CT molecular complexity index is 803. The van der Waals surface area contributed by atoms with E-state index in [1.54, 1.807) is 6.08 Å². The molecule has 27 heavy (non-hydrogen) atoms. The Balaban J connectivity index is 2.08. The maximum absolute atomic E-state index is 12.1. The average molecular weight is 361 g/mol. The minimum absolute atomic E-state index is 0.362. The highest BCUT2D eigenvalue weighted by atomic mass is 16.5. The highest BCUT2D eigenvalue weighted by Crippen LogP contribution is 2.26. The van der Waals surface area contributed by atoms with E-state index in [1.807, 2.05) is 48.5 Å². The van der Waals surface area contributed by atoms with Gasteiger partial charge in [-0.1, -0.05) is 81.6 Å². The second-order valence-corrected chi connectivity index (χ2v) is 6.63. The van der Waals surface area contributed by atoms with Gasteiger partial charge in [-0.25, -0.2) is 4.79 Å². The summed E-state index contributed by atoms with van der Waals surface area (Å²) in [5.74, 6) is 0.0531. The van der Waals surface area contributed by atoms with Gasteiger partial charge in [0.1, 0.15) is 6.07 Å². The van der Waals surface area contributed by atoms with E-state index in [9.17, 15) is 10.1 Å². The minimum atomic E-state index is -0.362. The zero-order valence-electron chi connectivity index (χ0n) is 16.2. The Morgan fingerprint density at radius 3 is 2.59 bits per heavy atom. The van der Waals surface area contributed by atoms with Gasteiger partial charge < -0.3 is 4.74 Å². The number of carbonyl (C=O) groups is 1. The molecule has 0 saturated carbocycles. The van der Waals surface area contributed by atoms with Gasteiger partial charge in [-0.15, -0.1) is 0 Å². The fourth-order valence-electron chi connectivity index (χ4n) is 3.00. The quantitative estimate of drug-likeness (QED) is 0.407. The van der Waals surface area contributed by atoms with Crippen LogP contribution in [0.3, 0.4) is 0 Å². The number of nitriles is 1. The first kappa shape index (κ1) is 20.5. The molecule has 2 aromatic carbocycles. The molecule has 1 atom stereocenters. The van der Waals surface area contributed by atoms with Crippen molar-refractivity contribution in [3.05, 3.63) is 65.7 Å². The van der Waals surface area contributed by atoms with E-state index in [1.165, 1.54) is 6.08 Å². The highest BCUT2D eigenvalue weighted by Gasteiger charge is 2.10. The zero-order chi connectivity index (χ0) is 19.5. The summed E-state index contributed by atoms with van der Waals surface area (Å²) in [7, 11) is 0. The molecule has 0 radical (unpaired) electrons. The van der Waals surface area contributed by atoms with E-state index in [0.717, 1.165) is 36.8 Å². The van der Waals surface area contributed by atoms with E-state index in [0.29, 0.717) is 23.7 Å². The summed E-state index contributed by atoms with van der Waals surface area (Å²) in [6, 6.07) is 17.7. The molecule has 0 aliphatic rings. The van der Waals surface area contributed by atoms with Crippen LogP contribution < -0.4 is 0 Å². The van der Waals surface area contributed by atoms with Gasteiger partial charge in [-0.3, -0.25) is 0 Å². The Kier molecular flexibility index (Phi) is 8.32. The van der Waals surface area contributed by atoms with Crippen molar-refractivity contribution in [2.24, 2.45) is 5.92 Å². The Hall–Kier alpha value is -2.86. The third-order valence-electron chi connectivity index (χ3n) is 4.70. The molecule has 2 aromatic rings. The first-order valence-corrected chi connectivity index (χ1v) is 9.62. The van der Waals surface area contributed by atoms with Gasteiger partial charge in [0.05, 0.1) is 12.2 Å². The number of esters is 1. The van der Waals surface area contributed by atoms with Crippen LogP contribution in [-0.2, 0) is 9.53 Å². The molecule has 1 unspecified atom stereocenters. The third kappa shape index (κ3) is 6.11. The van der Waals surface area contributed by atoms with Crippen molar-refractivity contribution in [3.63, 3.8) is 0 Å². The number of hydrogen-bond donors (Lipinski definition) is 0. The first-order chi connectivity index (χ1) is 13.2. The van der Waals surface area contributed by atoms with Crippen LogP contribution in [0.4, 0.5) is 0 Å². The van der Waals surface area contributed by atoms with E-state index in [2.05, 4.69) is 19.9 Å². The largest absolute Gasteiger partial charge is 0.462 e. The monoisotopic (exact) mass is 361 g/mol. The number of unbranched alkanes of at least 4 members (excludes halogenated alkanes) is 1. The molecule has 2 rings (SSSR count). The van der Waals surface area contributed by atoms with Gasteiger partial charge in [-0.05, 0) is 29.5 Å². The lowest BCUT2D eigenvalue weighted by molar-refractivity contribution is -0.139. The van der Waals surface area contributed by atoms with E-state index in [4.69, 9.17) is 4.74 Å². The second kappa shape index (κ2) is 11.0. The van der Waals surface area contributed by atoms with Crippen molar-refractivity contribution >= 4 is 12.0 Å². The molecule has 0 aromatic heterocycles. The predicted octanol–water partition coefficient (Wildman–Crippen LogP) is 6.00. The van der Waals surface area contributed by atoms with Gasteiger partial charge in [0, 0.05) is 11.6 Å². The van der Waals surface area contributed by atoms with Gasteiger partial charge >= 0.3 is 5.97 Å². The van der Waals surface area contributed by atoms with Crippen molar-refractivity contribution < 1.29 is 9.53 Å². The molecule has 0 fully saturated rings. The molecule has 0 saturated heterocycles. The normalized spacial score (nSPS) is 11.9. The van der Waals surface area contributed by atoms with Gasteiger partial charge in [0.25, 0.3) is 0 Å². The standard InChI is InChI=1S/C24H27NO2/c1-3-5-10-19(4-2)18-27-24(26)16-15-21-13-9-14-22(23(21)17-25)20-11-7-6-8-12-20/h6-9,11-16,19H,3-5,10,18H2,1-2H3/b16-15+. The molecule has 140 valence electrons.